The third kappa shape index (κ3) is 4.04. The number of anilines is 1. The highest BCUT2D eigenvalue weighted by molar-refractivity contribution is 6.30. The van der Waals surface area contributed by atoms with Gasteiger partial charge in [-0.3, -0.25) is 0 Å². The minimum atomic E-state index is -1.15. The van der Waals surface area contributed by atoms with Crippen molar-refractivity contribution in [3.05, 3.63) is 65.2 Å². The summed E-state index contributed by atoms with van der Waals surface area (Å²) in [5.74, 6) is 3.70. The molecule has 2 N–H and O–H groups in total. The van der Waals surface area contributed by atoms with Gasteiger partial charge in [0.15, 0.2) is 0 Å². The van der Waals surface area contributed by atoms with Crippen LogP contribution >= 0.6 is 11.6 Å². The Labute approximate surface area is 122 Å². The Kier molecular flexibility index (Phi) is 4.65. The van der Waals surface area contributed by atoms with E-state index in [1.54, 1.807) is 12.1 Å². The fraction of sp³-hybridized carbons (Fsp3) is 0.0625. The minimum Gasteiger partial charge on any atom is -0.472 e. The Bertz CT molecular complexity index is 642. The van der Waals surface area contributed by atoms with E-state index in [9.17, 15) is 4.79 Å². The SMILES string of the molecule is O=C(O)C#CC(Nc1ccccc1)c1ccc(Cl)cc1. The molecule has 0 bridgehead atoms. The van der Waals surface area contributed by atoms with E-state index in [4.69, 9.17) is 16.7 Å². The highest BCUT2D eigenvalue weighted by Gasteiger charge is 2.08. The molecular weight excluding hydrogens is 274 g/mol. The molecule has 0 radical (unpaired) electrons. The largest absolute Gasteiger partial charge is 0.472 e. The molecule has 1 atom stereocenters. The molecule has 0 aromatic heterocycles. The molecule has 4 heteroatoms. The average Bonchev–Trinajstić information content (AvgIpc) is 2.45. The molecule has 0 aliphatic heterocycles. The number of carboxylic acids is 1. The van der Waals surface area contributed by atoms with Gasteiger partial charge in [-0.2, -0.15) is 0 Å². The number of halogens is 1. The highest BCUT2D eigenvalue weighted by Crippen LogP contribution is 2.20. The summed E-state index contributed by atoms with van der Waals surface area (Å²) in [7, 11) is 0. The van der Waals surface area contributed by atoms with Gasteiger partial charge in [-0.1, -0.05) is 47.9 Å². The van der Waals surface area contributed by atoms with Gasteiger partial charge in [0, 0.05) is 16.6 Å². The van der Waals surface area contributed by atoms with Crippen molar-refractivity contribution in [3.63, 3.8) is 0 Å². The van der Waals surface area contributed by atoms with E-state index in [-0.39, 0.29) is 0 Å². The van der Waals surface area contributed by atoms with Gasteiger partial charge in [-0.15, -0.1) is 0 Å². The van der Waals surface area contributed by atoms with Crippen LogP contribution in [-0.4, -0.2) is 11.1 Å². The van der Waals surface area contributed by atoms with Crippen LogP contribution < -0.4 is 5.32 Å². The van der Waals surface area contributed by atoms with Crippen LogP contribution in [0.1, 0.15) is 11.6 Å². The van der Waals surface area contributed by atoms with Crippen LogP contribution in [0.5, 0.6) is 0 Å². The smallest absolute Gasteiger partial charge is 0.381 e. The second-order valence-electron chi connectivity index (χ2n) is 4.07. The molecule has 20 heavy (non-hydrogen) atoms. The molecule has 2 aromatic rings. The van der Waals surface area contributed by atoms with Crippen molar-refractivity contribution in [1.29, 1.82) is 0 Å². The molecule has 0 saturated heterocycles. The Morgan fingerprint density at radius 3 is 2.35 bits per heavy atom. The summed E-state index contributed by atoms with van der Waals surface area (Å²) in [4.78, 5) is 10.6. The fourth-order valence-electron chi connectivity index (χ4n) is 1.69. The van der Waals surface area contributed by atoms with E-state index in [2.05, 4.69) is 17.2 Å². The predicted molar refractivity (Wildman–Crippen MR) is 79.7 cm³/mol. The quantitative estimate of drug-likeness (QED) is 0.848. The normalized spacial score (nSPS) is 11.1. The number of carbonyl (C=O) groups is 1. The summed E-state index contributed by atoms with van der Waals surface area (Å²) in [6, 6.07) is 16.2. The molecule has 0 spiro atoms. The van der Waals surface area contributed by atoms with Crippen molar-refractivity contribution in [3.8, 4) is 11.8 Å². The number of hydrogen-bond donors (Lipinski definition) is 2. The molecule has 3 nitrogen and oxygen atoms in total. The van der Waals surface area contributed by atoms with Crippen molar-refractivity contribution >= 4 is 23.3 Å². The number of benzene rings is 2. The van der Waals surface area contributed by atoms with Crippen molar-refractivity contribution in [2.75, 3.05) is 5.32 Å². The topological polar surface area (TPSA) is 49.3 Å². The number of para-hydroxylation sites is 1. The molecular formula is C16H12ClNO2. The Morgan fingerprint density at radius 1 is 1.10 bits per heavy atom. The van der Waals surface area contributed by atoms with Crippen molar-refractivity contribution < 1.29 is 9.90 Å². The summed E-state index contributed by atoms with van der Waals surface area (Å²) < 4.78 is 0. The van der Waals surface area contributed by atoms with E-state index in [0.717, 1.165) is 11.3 Å². The van der Waals surface area contributed by atoms with Gasteiger partial charge in [0.2, 0.25) is 0 Å². The first-order chi connectivity index (χ1) is 9.65. The number of nitrogens with one attached hydrogen (secondary N) is 1. The maximum atomic E-state index is 10.6. The fourth-order valence-corrected chi connectivity index (χ4v) is 1.82. The van der Waals surface area contributed by atoms with E-state index in [1.165, 1.54) is 0 Å². The molecule has 0 amide bonds. The molecule has 2 rings (SSSR count). The second kappa shape index (κ2) is 6.65. The highest BCUT2D eigenvalue weighted by atomic mass is 35.5. The van der Waals surface area contributed by atoms with E-state index < -0.39 is 12.0 Å². The number of carboxylic acid groups (broad SMARTS) is 1. The lowest BCUT2D eigenvalue weighted by Crippen LogP contribution is -2.09. The monoisotopic (exact) mass is 285 g/mol. The molecule has 100 valence electrons. The molecule has 0 heterocycles. The van der Waals surface area contributed by atoms with Gasteiger partial charge in [0.05, 0.1) is 0 Å². The molecule has 0 saturated carbocycles. The van der Waals surface area contributed by atoms with Crippen LogP contribution in [-0.2, 0) is 4.79 Å². The van der Waals surface area contributed by atoms with Crippen LogP contribution in [0.2, 0.25) is 5.02 Å². The van der Waals surface area contributed by atoms with E-state index in [0.29, 0.717) is 5.02 Å². The van der Waals surface area contributed by atoms with Crippen molar-refractivity contribution in [2.24, 2.45) is 0 Å². The predicted octanol–water partition coefficient (Wildman–Crippen LogP) is 3.58. The van der Waals surface area contributed by atoms with Gasteiger partial charge in [-0.25, -0.2) is 4.79 Å². The molecule has 0 aliphatic rings. The standard InChI is InChI=1S/C16H12ClNO2/c17-13-8-6-12(7-9-13)15(10-11-16(19)20)18-14-4-2-1-3-5-14/h1-9,15,18H,(H,19,20). The van der Waals surface area contributed by atoms with Gasteiger partial charge in [0.1, 0.15) is 6.04 Å². The van der Waals surface area contributed by atoms with Crippen LogP contribution in [0.4, 0.5) is 5.69 Å². The lowest BCUT2D eigenvalue weighted by Gasteiger charge is -2.15. The first-order valence-electron chi connectivity index (χ1n) is 5.96. The second-order valence-corrected chi connectivity index (χ2v) is 4.51. The molecule has 0 fully saturated rings. The van der Waals surface area contributed by atoms with Crippen LogP contribution in [0.15, 0.2) is 54.6 Å². The van der Waals surface area contributed by atoms with Crippen LogP contribution in [0.25, 0.3) is 0 Å². The molecule has 1 unspecified atom stereocenters. The molecule has 2 aromatic carbocycles. The average molecular weight is 286 g/mol. The summed E-state index contributed by atoms with van der Waals surface area (Å²) in [5.41, 5.74) is 1.72. The van der Waals surface area contributed by atoms with E-state index >= 15 is 0 Å². The Balaban J connectivity index is 2.28. The van der Waals surface area contributed by atoms with Crippen molar-refractivity contribution in [1.82, 2.24) is 0 Å². The van der Waals surface area contributed by atoms with Gasteiger partial charge >= 0.3 is 5.97 Å². The maximum Gasteiger partial charge on any atom is 0.381 e. The first-order valence-corrected chi connectivity index (χ1v) is 6.34. The van der Waals surface area contributed by atoms with Crippen LogP contribution in [0.3, 0.4) is 0 Å². The Morgan fingerprint density at radius 2 is 1.75 bits per heavy atom. The number of aliphatic carboxylic acids is 1. The van der Waals surface area contributed by atoms with Crippen LogP contribution in [0, 0.1) is 11.8 Å². The Hall–Kier alpha value is -2.44. The summed E-state index contributed by atoms with van der Waals surface area (Å²) in [5, 5.41) is 12.5. The third-order valence-corrected chi connectivity index (χ3v) is 2.86. The lowest BCUT2D eigenvalue weighted by atomic mass is 10.1. The number of hydrogen-bond acceptors (Lipinski definition) is 2. The summed E-state index contributed by atoms with van der Waals surface area (Å²) >= 11 is 5.85. The lowest BCUT2D eigenvalue weighted by molar-refractivity contribution is -0.130. The zero-order valence-electron chi connectivity index (χ0n) is 10.5. The number of rotatable bonds is 3. The van der Waals surface area contributed by atoms with Gasteiger partial charge < -0.3 is 10.4 Å². The van der Waals surface area contributed by atoms with Gasteiger partial charge in [0.25, 0.3) is 0 Å². The third-order valence-electron chi connectivity index (χ3n) is 2.61. The van der Waals surface area contributed by atoms with E-state index in [1.807, 2.05) is 42.5 Å². The zero-order chi connectivity index (χ0) is 14.4. The first kappa shape index (κ1) is 14.0. The summed E-state index contributed by atoms with van der Waals surface area (Å²) in [6.45, 7) is 0. The van der Waals surface area contributed by atoms with Crippen molar-refractivity contribution in [2.45, 2.75) is 6.04 Å². The maximum absolute atomic E-state index is 10.6. The zero-order valence-corrected chi connectivity index (χ0v) is 11.3. The molecule has 0 aliphatic carbocycles. The van der Waals surface area contributed by atoms with Gasteiger partial charge in [-0.05, 0) is 29.8 Å². The summed E-state index contributed by atoms with van der Waals surface area (Å²) in [6.07, 6.45) is 0. The minimum absolute atomic E-state index is 0.411.